The first-order valence-corrected chi connectivity index (χ1v) is 6.28. The fraction of sp³-hybridized carbons (Fsp3) is 0.467. The zero-order valence-electron chi connectivity index (χ0n) is 11.2. The second kappa shape index (κ2) is 6.80. The third-order valence-corrected chi connectivity index (χ3v) is 3.00. The SMILES string of the molecule is Cc1ccccc1CCC(=O)NC(C#N)C(C)C. The van der Waals surface area contributed by atoms with Gasteiger partial charge in [-0.3, -0.25) is 4.79 Å². The molecule has 1 amide bonds. The van der Waals surface area contributed by atoms with Gasteiger partial charge in [-0.2, -0.15) is 5.26 Å². The Bertz CT molecular complexity index is 446. The van der Waals surface area contributed by atoms with Crippen LogP contribution < -0.4 is 5.32 Å². The summed E-state index contributed by atoms with van der Waals surface area (Å²) in [6, 6.07) is 9.76. The summed E-state index contributed by atoms with van der Waals surface area (Å²) in [6.07, 6.45) is 1.14. The van der Waals surface area contributed by atoms with Gasteiger partial charge < -0.3 is 5.32 Å². The quantitative estimate of drug-likeness (QED) is 0.865. The van der Waals surface area contributed by atoms with Crippen LogP contribution in [0.3, 0.4) is 0 Å². The Morgan fingerprint density at radius 2 is 2.06 bits per heavy atom. The van der Waals surface area contributed by atoms with Crippen molar-refractivity contribution in [3.8, 4) is 6.07 Å². The van der Waals surface area contributed by atoms with Crippen molar-refractivity contribution >= 4 is 5.91 Å². The average molecular weight is 244 g/mol. The van der Waals surface area contributed by atoms with Crippen molar-refractivity contribution in [2.75, 3.05) is 0 Å². The van der Waals surface area contributed by atoms with Crippen LogP contribution in [0, 0.1) is 24.2 Å². The molecule has 3 nitrogen and oxygen atoms in total. The van der Waals surface area contributed by atoms with E-state index in [1.165, 1.54) is 11.1 Å². The number of nitrogens with zero attached hydrogens (tertiary/aromatic N) is 1. The van der Waals surface area contributed by atoms with E-state index in [9.17, 15) is 4.79 Å². The molecule has 0 radical (unpaired) electrons. The molecule has 0 aliphatic heterocycles. The van der Waals surface area contributed by atoms with E-state index < -0.39 is 6.04 Å². The van der Waals surface area contributed by atoms with Gasteiger partial charge in [0.15, 0.2) is 0 Å². The Balaban J connectivity index is 2.48. The van der Waals surface area contributed by atoms with Crippen molar-refractivity contribution in [1.82, 2.24) is 5.32 Å². The number of nitriles is 1. The predicted molar refractivity (Wildman–Crippen MR) is 71.9 cm³/mol. The molecule has 0 saturated heterocycles. The highest BCUT2D eigenvalue weighted by Gasteiger charge is 2.14. The van der Waals surface area contributed by atoms with Crippen LogP contribution in [-0.4, -0.2) is 11.9 Å². The molecule has 0 aromatic heterocycles. The Kier molecular flexibility index (Phi) is 5.38. The molecular formula is C15H20N2O. The number of carbonyl (C=O) groups is 1. The summed E-state index contributed by atoms with van der Waals surface area (Å²) < 4.78 is 0. The van der Waals surface area contributed by atoms with Gasteiger partial charge >= 0.3 is 0 Å². The molecule has 3 heteroatoms. The molecule has 0 bridgehead atoms. The lowest BCUT2D eigenvalue weighted by Crippen LogP contribution is -2.37. The zero-order chi connectivity index (χ0) is 13.5. The highest BCUT2D eigenvalue weighted by Crippen LogP contribution is 2.09. The van der Waals surface area contributed by atoms with Gasteiger partial charge in [0.25, 0.3) is 0 Å². The van der Waals surface area contributed by atoms with Crippen molar-refractivity contribution in [3.63, 3.8) is 0 Å². The van der Waals surface area contributed by atoms with Crippen molar-refractivity contribution in [2.45, 2.75) is 39.7 Å². The van der Waals surface area contributed by atoms with Crippen molar-refractivity contribution in [2.24, 2.45) is 5.92 Å². The smallest absolute Gasteiger partial charge is 0.221 e. The maximum absolute atomic E-state index is 11.7. The lowest BCUT2D eigenvalue weighted by molar-refractivity contribution is -0.121. The molecule has 1 aromatic rings. The van der Waals surface area contributed by atoms with E-state index in [1.54, 1.807) is 0 Å². The Morgan fingerprint density at radius 3 is 2.61 bits per heavy atom. The minimum Gasteiger partial charge on any atom is -0.340 e. The predicted octanol–water partition coefficient (Wildman–Crippen LogP) is 2.59. The van der Waals surface area contributed by atoms with Gasteiger partial charge in [-0.15, -0.1) is 0 Å². The topological polar surface area (TPSA) is 52.9 Å². The van der Waals surface area contributed by atoms with E-state index in [4.69, 9.17) is 5.26 Å². The summed E-state index contributed by atoms with van der Waals surface area (Å²) in [7, 11) is 0. The number of amides is 1. The standard InChI is InChI=1S/C15H20N2O/c1-11(2)14(10-16)17-15(18)9-8-13-7-5-4-6-12(13)3/h4-7,11,14H,8-9H2,1-3H3,(H,17,18). The molecule has 0 saturated carbocycles. The number of benzene rings is 1. The van der Waals surface area contributed by atoms with E-state index >= 15 is 0 Å². The van der Waals surface area contributed by atoms with E-state index in [0.717, 1.165) is 6.42 Å². The molecule has 0 heterocycles. The number of aryl methyl sites for hydroxylation is 2. The van der Waals surface area contributed by atoms with Crippen LogP contribution >= 0.6 is 0 Å². The molecule has 0 spiro atoms. The molecule has 1 aromatic carbocycles. The van der Waals surface area contributed by atoms with E-state index in [0.29, 0.717) is 6.42 Å². The van der Waals surface area contributed by atoms with Crippen molar-refractivity contribution < 1.29 is 4.79 Å². The van der Waals surface area contributed by atoms with Gasteiger partial charge in [0.05, 0.1) is 6.07 Å². The zero-order valence-corrected chi connectivity index (χ0v) is 11.2. The van der Waals surface area contributed by atoms with E-state index in [-0.39, 0.29) is 11.8 Å². The number of carbonyl (C=O) groups excluding carboxylic acids is 1. The molecular weight excluding hydrogens is 224 g/mol. The molecule has 0 aliphatic carbocycles. The number of hydrogen-bond donors (Lipinski definition) is 1. The third kappa shape index (κ3) is 4.21. The summed E-state index contributed by atoms with van der Waals surface area (Å²) in [5.41, 5.74) is 2.39. The first kappa shape index (κ1) is 14.2. The van der Waals surface area contributed by atoms with Crippen LogP contribution in [0.1, 0.15) is 31.4 Å². The van der Waals surface area contributed by atoms with Crippen molar-refractivity contribution in [3.05, 3.63) is 35.4 Å². The maximum atomic E-state index is 11.7. The largest absolute Gasteiger partial charge is 0.340 e. The lowest BCUT2D eigenvalue weighted by atomic mass is 10.0. The summed E-state index contributed by atoms with van der Waals surface area (Å²) in [6.45, 7) is 5.89. The Labute approximate surface area is 109 Å². The van der Waals surface area contributed by atoms with Crippen LogP contribution in [0.5, 0.6) is 0 Å². The third-order valence-electron chi connectivity index (χ3n) is 3.00. The highest BCUT2D eigenvalue weighted by molar-refractivity contribution is 5.76. The molecule has 0 aliphatic rings. The van der Waals surface area contributed by atoms with E-state index in [1.807, 2.05) is 45.0 Å². The van der Waals surface area contributed by atoms with Gasteiger partial charge in [-0.25, -0.2) is 0 Å². The summed E-state index contributed by atoms with van der Waals surface area (Å²) in [4.78, 5) is 11.7. The van der Waals surface area contributed by atoms with Crippen LogP contribution in [0.25, 0.3) is 0 Å². The van der Waals surface area contributed by atoms with Gasteiger partial charge in [0.2, 0.25) is 5.91 Å². The van der Waals surface area contributed by atoms with Gasteiger partial charge in [0, 0.05) is 6.42 Å². The van der Waals surface area contributed by atoms with Crippen molar-refractivity contribution in [1.29, 1.82) is 5.26 Å². The molecule has 1 atom stereocenters. The van der Waals surface area contributed by atoms with Crippen LogP contribution in [-0.2, 0) is 11.2 Å². The number of rotatable bonds is 5. The van der Waals surface area contributed by atoms with Gasteiger partial charge in [0.1, 0.15) is 6.04 Å². The molecule has 18 heavy (non-hydrogen) atoms. The molecule has 1 rings (SSSR count). The van der Waals surface area contributed by atoms with Crippen LogP contribution in [0.4, 0.5) is 0 Å². The molecule has 1 unspecified atom stereocenters. The van der Waals surface area contributed by atoms with Crippen LogP contribution in [0.15, 0.2) is 24.3 Å². The minimum absolute atomic E-state index is 0.0569. The summed E-state index contributed by atoms with van der Waals surface area (Å²) in [5.74, 6) is 0.0796. The highest BCUT2D eigenvalue weighted by atomic mass is 16.1. The maximum Gasteiger partial charge on any atom is 0.221 e. The lowest BCUT2D eigenvalue weighted by Gasteiger charge is -2.15. The average Bonchev–Trinajstić information content (AvgIpc) is 2.34. The molecule has 1 N–H and O–H groups in total. The first-order chi connectivity index (χ1) is 8.54. The fourth-order valence-corrected chi connectivity index (χ4v) is 1.73. The second-order valence-electron chi connectivity index (χ2n) is 4.84. The number of nitrogens with one attached hydrogen (secondary N) is 1. The first-order valence-electron chi connectivity index (χ1n) is 6.28. The Hall–Kier alpha value is -1.82. The summed E-state index contributed by atoms with van der Waals surface area (Å²) in [5, 5.41) is 11.7. The van der Waals surface area contributed by atoms with Gasteiger partial charge in [-0.1, -0.05) is 38.1 Å². The Morgan fingerprint density at radius 1 is 1.39 bits per heavy atom. The van der Waals surface area contributed by atoms with Gasteiger partial charge in [-0.05, 0) is 30.4 Å². The fourth-order valence-electron chi connectivity index (χ4n) is 1.73. The second-order valence-corrected chi connectivity index (χ2v) is 4.84. The normalized spacial score (nSPS) is 11.9. The monoisotopic (exact) mass is 244 g/mol. The minimum atomic E-state index is -0.394. The molecule has 0 fully saturated rings. The van der Waals surface area contributed by atoms with Crippen LogP contribution in [0.2, 0.25) is 0 Å². The molecule has 96 valence electrons. The van der Waals surface area contributed by atoms with E-state index in [2.05, 4.69) is 11.4 Å². The summed E-state index contributed by atoms with van der Waals surface area (Å²) >= 11 is 0. The number of hydrogen-bond acceptors (Lipinski definition) is 2.